The Bertz CT molecular complexity index is 1160. The third kappa shape index (κ3) is 5.21. The van der Waals surface area contributed by atoms with Crippen molar-refractivity contribution < 1.29 is 4.79 Å². The Morgan fingerprint density at radius 2 is 1.74 bits per heavy atom. The monoisotopic (exact) mass is 449 g/mol. The summed E-state index contributed by atoms with van der Waals surface area (Å²) >= 11 is 3.07. The number of hydrogen-bond acceptors (Lipinski definition) is 6. The quantitative estimate of drug-likeness (QED) is 0.402. The van der Waals surface area contributed by atoms with E-state index in [-0.39, 0.29) is 11.7 Å². The molecule has 0 spiro atoms. The van der Waals surface area contributed by atoms with Gasteiger partial charge < -0.3 is 5.32 Å². The number of nitrogens with one attached hydrogen (secondary N) is 1. The van der Waals surface area contributed by atoms with E-state index >= 15 is 0 Å². The van der Waals surface area contributed by atoms with Crippen LogP contribution in [0.1, 0.15) is 15.6 Å². The van der Waals surface area contributed by atoms with Crippen molar-refractivity contribution in [2.75, 3.05) is 12.3 Å². The van der Waals surface area contributed by atoms with Gasteiger partial charge in [-0.1, -0.05) is 60.3 Å². The van der Waals surface area contributed by atoms with Gasteiger partial charge >= 0.3 is 0 Å². The van der Waals surface area contributed by atoms with Crippen LogP contribution in [0.5, 0.6) is 0 Å². The first kappa shape index (κ1) is 21.3. The average molecular weight is 450 g/mol. The lowest BCUT2D eigenvalue weighted by Crippen LogP contribution is -2.27. The third-order valence-corrected chi connectivity index (χ3v) is 6.75. The molecular weight excluding hydrogens is 426 g/mol. The molecule has 2 aromatic carbocycles. The molecule has 0 bridgehead atoms. The second kappa shape index (κ2) is 9.89. The maximum atomic E-state index is 12.4. The third-order valence-electron chi connectivity index (χ3n) is 4.69. The Balaban J connectivity index is 1.44. The van der Waals surface area contributed by atoms with Crippen LogP contribution in [0.3, 0.4) is 0 Å². The highest BCUT2D eigenvalue weighted by Crippen LogP contribution is 2.27. The molecule has 0 aliphatic carbocycles. The first-order valence-electron chi connectivity index (χ1n) is 10.0. The van der Waals surface area contributed by atoms with E-state index < -0.39 is 0 Å². The highest BCUT2D eigenvalue weighted by molar-refractivity contribution is 7.99. The van der Waals surface area contributed by atoms with Crippen LogP contribution < -0.4 is 5.32 Å². The number of rotatable bonds is 8. The molecule has 0 aliphatic heterocycles. The van der Waals surface area contributed by atoms with Crippen LogP contribution in [0.15, 0.2) is 65.8 Å². The molecule has 0 saturated carbocycles. The fourth-order valence-electron chi connectivity index (χ4n) is 3.25. The molecule has 0 atom stereocenters. The average Bonchev–Trinajstić information content (AvgIpc) is 3.36. The van der Waals surface area contributed by atoms with Crippen molar-refractivity contribution in [1.29, 1.82) is 0 Å². The van der Waals surface area contributed by atoms with E-state index in [0.29, 0.717) is 11.7 Å². The van der Waals surface area contributed by atoms with Crippen molar-refractivity contribution in [2.24, 2.45) is 0 Å². The number of thioether (sulfide) groups is 1. The van der Waals surface area contributed by atoms with E-state index in [4.69, 9.17) is 0 Å². The summed E-state index contributed by atoms with van der Waals surface area (Å²) in [7, 11) is 0. The summed E-state index contributed by atoms with van der Waals surface area (Å²) in [5.41, 5.74) is 2.99. The molecule has 31 heavy (non-hydrogen) atoms. The van der Waals surface area contributed by atoms with Crippen LogP contribution in [0.2, 0.25) is 0 Å². The fourth-order valence-corrected chi connectivity index (χ4v) is 4.97. The summed E-state index contributed by atoms with van der Waals surface area (Å²) < 4.78 is 2.00. The van der Waals surface area contributed by atoms with Gasteiger partial charge in [-0.15, -0.1) is 21.5 Å². The number of amides is 1. The number of thiazole rings is 1. The lowest BCUT2D eigenvalue weighted by Gasteiger charge is -2.10. The molecular formula is C23H23N5OS2. The van der Waals surface area contributed by atoms with Crippen molar-refractivity contribution in [2.45, 2.75) is 25.4 Å². The highest BCUT2D eigenvalue weighted by Gasteiger charge is 2.17. The zero-order valence-corrected chi connectivity index (χ0v) is 19.0. The summed E-state index contributed by atoms with van der Waals surface area (Å²) in [6.45, 7) is 4.61. The number of carbonyl (C=O) groups is 1. The van der Waals surface area contributed by atoms with Crippen LogP contribution in [0.4, 0.5) is 0 Å². The molecule has 0 radical (unpaired) electrons. The smallest absolute Gasteiger partial charge is 0.230 e. The maximum absolute atomic E-state index is 12.4. The minimum atomic E-state index is -0.0206. The van der Waals surface area contributed by atoms with Crippen LogP contribution >= 0.6 is 23.1 Å². The summed E-state index contributed by atoms with van der Waals surface area (Å²) in [5.74, 6) is 1.01. The highest BCUT2D eigenvalue weighted by atomic mass is 32.2. The molecule has 1 amide bonds. The topological polar surface area (TPSA) is 72.7 Å². The number of nitrogens with zero attached hydrogens (tertiary/aromatic N) is 4. The summed E-state index contributed by atoms with van der Waals surface area (Å²) in [6, 6.07) is 19.9. The number of aryl methyl sites for hydroxylation is 2. The Morgan fingerprint density at radius 1 is 1.03 bits per heavy atom. The molecule has 158 valence electrons. The minimum Gasteiger partial charge on any atom is -0.355 e. The van der Waals surface area contributed by atoms with Gasteiger partial charge in [-0.3, -0.25) is 9.36 Å². The van der Waals surface area contributed by atoms with Gasteiger partial charge in [0.1, 0.15) is 0 Å². The first-order valence-corrected chi connectivity index (χ1v) is 11.8. The predicted molar refractivity (Wildman–Crippen MR) is 126 cm³/mol. The Morgan fingerprint density at radius 3 is 2.42 bits per heavy atom. The lowest BCUT2D eigenvalue weighted by atomic mass is 10.2. The predicted octanol–water partition coefficient (Wildman–Crippen LogP) is 4.46. The van der Waals surface area contributed by atoms with E-state index in [1.807, 2.05) is 79.1 Å². The van der Waals surface area contributed by atoms with Crippen molar-refractivity contribution in [3.05, 3.63) is 76.2 Å². The Labute approximate surface area is 189 Å². The number of aromatic nitrogens is 4. The van der Waals surface area contributed by atoms with E-state index in [1.165, 1.54) is 16.6 Å². The summed E-state index contributed by atoms with van der Waals surface area (Å²) in [4.78, 5) is 18.1. The maximum Gasteiger partial charge on any atom is 0.230 e. The number of para-hydroxylation sites is 1. The lowest BCUT2D eigenvalue weighted by molar-refractivity contribution is -0.118. The minimum absolute atomic E-state index is 0.0206. The van der Waals surface area contributed by atoms with Gasteiger partial charge in [-0.2, -0.15) is 0 Å². The number of carbonyl (C=O) groups excluding carboxylic acids is 1. The van der Waals surface area contributed by atoms with Gasteiger partial charge in [0, 0.05) is 29.1 Å². The first-order chi connectivity index (χ1) is 15.1. The molecule has 0 aliphatic rings. The van der Waals surface area contributed by atoms with E-state index in [2.05, 4.69) is 20.5 Å². The molecule has 6 nitrogen and oxygen atoms in total. The SMILES string of the molecule is Cc1nc(C)c(CCNC(=O)CSc2nnc(-c3ccccc3)n2-c2ccccc2)s1. The molecule has 0 unspecified atom stereocenters. The molecule has 4 aromatic rings. The van der Waals surface area contributed by atoms with Gasteiger partial charge in [0.15, 0.2) is 11.0 Å². The number of hydrogen-bond donors (Lipinski definition) is 1. The molecule has 8 heteroatoms. The largest absolute Gasteiger partial charge is 0.355 e. The number of benzene rings is 2. The Hall–Kier alpha value is -2.97. The fraction of sp³-hybridized carbons (Fsp3) is 0.217. The zero-order chi connectivity index (χ0) is 21.6. The van der Waals surface area contributed by atoms with Gasteiger partial charge in [0.2, 0.25) is 5.91 Å². The molecule has 0 saturated heterocycles. The van der Waals surface area contributed by atoms with Crippen LogP contribution in [0.25, 0.3) is 17.1 Å². The molecule has 0 fully saturated rings. The second-order valence-corrected chi connectivity index (χ2v) is 9.20. The standard InChI is InChI=1S/C23H23N5OS2/c1-16-20(31-17(2)25-16)13-14-24-21(29)15-30-23-27-26-22(18-9-5-3-6-10-18)28(23)19-11-7-4-8-12-19/h3-12H,13-15H2,1-2H3,(H,24,29). The molecule has 4 rings (SSSR count). The van der Waals surface area contributed by atoms with Gasteiger partial charge in [0.25, 0.3) is 0 Å². The van der Waals surface area contributed by atoms with E-state index in [0.717, 1.165) is 34.2 Å². The van der Waals surface area contributed by atoms with Crippen molar-refractivity contribution >= 4 is 29.0 Å². The zero-order valence-electron chi connectivity index (χ0n) is 17.4. The van der Waals surface area contributed by atoms with Gasteiger partial charge in [-0.25, -0.2) is 4.98 Å². The van der Waals surface area contributed by atoms with Crippen molar-refractivity contribution in [3.63, 3.8) is 0 Å². The summed E-state index contributed by atoms with van der Waals surface area (Å²) in [5, 5.41) is 13.5. The van der Waals surface area contributed by atoms with Gasteiger partial charge in [-0.05, 0) is 26.0 Å². The van der Waals surface area contributed by atoms with Crippen LogP contribution in [-0.4, -0.2) is 38.0 Å². The van der Waals surface area contributed by atoms with Gasteiger partial charge in [0.05, 0.1) is 16.5 Å². The normalized spacial score (nSPS) is 10.9. The van der Waals surface area contributed by atoms with Crippen LogP contribution in [0, 0.1) is 13.8 Å². The second-order valence-electron chi connectivity index (χ2n) is 6.97. The van der Waals surface area contributed by atoms with Crippen molar-refractivity contribution in [1.82, 2.24) is 25.1 Å². The van der Waals surface area contributed by atoms with Crippen LogP contribution in [-0.2, 0) is 11.2 Å². The molecule has 2 heterocycles. The molecule has 1 N–H and O–H groups in total. The van der Waals surface area contributed by atoms with Crippen molar-refractivity contribution in [3.8, 4) is 17.1 Å². The van der Waals surface area contributed by atoms with E-state index in [9.17, 15) is 4.79 Å². The molecule has 2 aromatic heterocycles. The summed E-state index contributed by atoms with van der Waals surface area (Å²) in [6.07, 6.45) is 0.798. The van der Waals surface area contributed by atoms with E-state index in [1.54, 1.807) is 11.3 Å². The Kier molecular flexibility index (Phi) is 6.79.